The number of hydrogen-bond acceptors (Lipinski definition) is 5. The summed E-state index contributed by atoms with van der Waals surface area (Å²) < 4.78 is 10.7. The first kappa shape index (κ1) is 22.9. The third-order valence-electron chi connectivity index (χ3n) is 5.06. The molecule has 158 valence electrons. The molecule has 3 N–H and O–H groups in total. The van der Waals surface area contributed by atoms with E-state index in [1.165, 1.54) is 0 Å². The van der Waals surface area contributed by atoms with Crippen molar-refractivity contribution >= 4 is 6.08 Å². The number of methoxy groups -OCH3 is 1. The van der Waals surface area contributed by atoms with Crippen molar-refractivity contribution in [3.63, 3.8) is 0 Å². The molecule has 1 aromatic heterocycles. The van der Waals surface area contributed by atoms with Crippen molar-refractivity contribution in [2.45, 2.75) is 51.4 Å². The molecule has 29 heavy (non-hydrogen) atoms. The fourth-order valence-corrected chi connectivity index (χ4v) is 3.39. The third-order valence-corrected chi connectivity index (χ3v) is 5.06. The van der Waals surface area contributed by atoms with E-state index in [0.29, 0.717) is 35.7 Å². The van der Waals surface area contributed by atoms with Crippen molar-refractivity contribution in [3.05, 3.63) is 71.7 Å². The number of hydrogen-bond donors (Lipinski definition) is 3. The third kappa shape index (κ3) is 6.60. The lowest BCUT2D eigenvalue weighted by Crippen LogP contribution is -2.25. The van der Waals surface area contributed by atoms with Gasteiger partial charge in [-0.3, -0.25) is 0 Å². The highest BCUT2D eigenvalue weighted by Crippen LogP contribution is 2.30. The van der Waals surface area contributed by atoms with Gasteiger partial charge in [0.1, 0.15) is 23.9 Å². The minimum absolute atomic E-state index is 0.125. The van der Waals surface area contributed by atoms with Crippen LogP contribution in [-0.2, 0) is 6.61 Å². The molecule has 1 heterocycles. The van der Waals surface area contributed by atoms with Crippen LogP contribution < -0.4 is 4.74 Å². The second-order valence-corrected chi connectivity index (χ2v) is 7.15. The molecule has 0 bridgehead atoms. The predicted octanol–water partition coefficient (Wildman–Crippen LogP) is 4.64. The van der Waals surface area contributed by atoms with Crippen molar-refractivity contribution in [2.75, 3.05) is 7.11 Å². The predicted molar refractivity (Wildman–Crippen MR) is 114 cm³/mol. The molecule has 0 spiro atoms. The molecule has 0 aliphatic heterocycles. The summed E-state index contributed by atoms with van der Waals surface area (Å²) in [7, 11) is 1.59. The minimum Gasteiger partial charge on any atom is -0.497 e. The molecule has 0 saturated carbocycles. The summed E-state index contributed by atoms with van der Waals surface area (Å²) in [4.78, 5) is 0. The molecule has 2 aromatic rings. The number of benzene rings is 1. The van der Waals surface area contributed by atoms with E-state index in [4.69, 9.17) is 14.3 Å². The summed E-state index contributed by atoms with van der Waals surface area (Å²) in [6.45, 7) is 5.79. The normalized spacial score (nSPS) is 15.0. The Morgan fingerprint density at radius 3 is 2.41 bits per heavy atom. The lowest BCUT2D eigenvalue weighted by molar-refractivity contribution is 0.0318. The molecular weight excluding hydrogens is 368 g/mol. The number of furan rings is 1. The zero-order valence-electron chi connectivity index (χ0n) is 17.3. The van der Waals surface area contributed by atoms with E-state index in [-0.39, 0.29) is 6.61 Å². The summed E-state index contributed by atoms with van der Waals surface area (Å²) in [5.41, 5.74) is 1.87. The summed E-state index contributed by atoms with van der Waals surface area (Å²) >= 11 is 0. The van der Waals surface area contributed by atoms with Gasteiger partial charge in [0, 0.05) is 5.92 Å². The first-order valence-corrected chi connectivity index (χ1v) is 10.0. The summed E-state index contributed by atoms with van der Waals surface area (Å²) in [6.07, 6.45) is 5.07. The maximum atomic E-state index is 10.7. The van der Waals surface area contributed by atoms with Gasteiger partial charge in [0.05, 0.1) is 19.3 Å². The lowest BCUT2D eigenvalue weighted by atomic mass is 9.87. The van der Waals surface area contributed by atoms with Gasteiger partial charge < -0.3 is 24.5 Å². The SMILES string of the molecule is C=C[C@H]([C@H](O)CC/C(=C/c1ccc(CO)o1)CCC)[C@H](O)c1ccc(OC)cc1. The van der Waals surface area contributed by atoms with Crippen LogP contribution in [0, 0.1) is 5.92 Å². The molecule has 0 amide bonds. The molecule has 0 fully saturated rings. The zero-order valence-corrected chi connectivity index (χ0v) is 17.3. The Labute approximate surface area is 173 Å². The Morgan fingerprint density at radius 2 is 1.86 bits per heavy atom. The van der Waals surface area contributed by atoms with Gasteiger partial charge in [-0.05, 0) is 55.2 Å². The van der Waals surface area contributed by atoms with Gasteiger partial charge in [-0.1, -0.05) is 37.1 Å². The Morgan fingerprint density at radius 1 is 1.14 bits per heavy atom. The number of aliphatic hydroxyl groups excluding tert-OH is 3. The van der Waals surface area contributed by atoms with E-state index < -0.39 is 18.1 Å². The standard InChI is InChI=1S/C24H32O5/c1-4-6-17(15-20-12-13-21(16-25)29-20)7-14-23(26)22(5-2)24(27)18-8-10-19(28-3)11-9-18/h5,8-13,15,22-27H,2,4,6-7,14,16H2,1,3H3/b17-15+/t22-,23-,24-/m1/s1. The molecule has 2 rings (SSSR count). The molecule has 0 aliphatic rings. The van der Waals surface area contributed by atoms with Gasteiger partial charge in [0.25, 0.3) is 0 Å². The van der Waals surface area contributed by atoms with Crippen molar-refractivity contribution in [2.24, 2.45) is 5.92 Å². The molecular formula is C24H32O5. The Hall–Kier alpha value is -2.34. The molecule has 5 heteroatoms. The van der Waals surface area contributed by atoms with Crippen LogP contribution in [-0.4, -0.2) is 28.5 Å². The van der Waals surface area contributed by atoms with Gasteiger partial charge in [0.15, 0.2) is 0 Å². The molecule has 0 unspecified atom stereocenters. The van der Waals surface area contributed by atoms with E-state index >= 15 is 0 Å². The van der Waals surface area contributed by atoms with Crippen molar-refractivity contribution in [1.29, 1.82) is 0 Å². The topological polar surface area (TPSA) is 83.1 Å². The van der Waals surface area contributed by atoms with Gasteiger partial charge >= 0.3 is 0 Å². The molecule has 0 radical (unpaired) electrons. The van der Waals surface area contributed by atoms with Crippen LogP contribution in [0.1, 0.15) is 55.8 Å². The number of allylic oxidation sites excluding steroid dienone is 1. The summed E-state index contributed by atoms with van der Waals surface area (Å²) in [5.74, 6) is 1.47. The minimum atomic E-state index is -0.843. The Kier molecular flexibility index (Phi) is 9.19. The average molecular weight is 401 g/mol. The Bertz CT molecular complexity index is 775. The molecule has 0 saturated heterocycles. The van der Waals surface area contributed by atoms with Gasteiger partial charge in [-0.15, -0.1) is 6.58 Å². The van der Waals surface area contributed by atoms with Crippen molar-refractivity contribution < 1.29 is 24.5 Å². The lowest BCUT2D eigenvalue weighted by Gasteiger charge is -2.25. The van der Waals surface area contributed by atoms with Crippen LogP contribution in [0.15, 0.2) is 59.0 Å². The van der Waals surface area contributed by atoms with E-state index in [0.717, 1.165) is 18.4 Å². The van der Waals surface area contributed by atoms with Gasteiger partial charge in [0.2, 0.25) is 0 Å². The van der Waals surface area contributed by atoms with Crippen molar-refractivity contribution in [1.82, 2.24) is 0 Å². The van der Waals surface area contributed by atoms with E-state index in [9.17, 15) is 10.2 Å². The first-order valence-electron chi connectivity index (χ1n) is 10.0. The maximum Gasteiger partial charge on any atom is 0.130 e. The second kappa shape index (κ2) is 11.6. The fraction of sp³-hybridized carbons (Fsp3) is 0.417. The highest BCUT2D eigenvalue weighted by atomic mass is 16.5. The van der Waals surface area contributed by atoms with Crippen molar-refractivity contribution in [3.8, 4) is 5.75 Å². The number of rotatable bonds is 12. The van der Waals surface area contributed by atoms with Gasteiger partial charge in [-0.2, -0.15) is 0 Å². The second-order valence-electron chi connectivity index (χ2n) is 7.15. The Balaban J connectivity index is 2.03. The zero-order chi connectivity index (χ0) is 21.2. The fourth-order valence-electron chi connectivity index (χ4n) is 3.39. The number of aliphatic hydroxyl groups is 3. The average Bonchev–Trinajstić information content (AvgIpc) is 3.20. The highest BCUT2D eigenvalue weighted by Gasteiger charge is 2.25. The van der Waals surface area contributed by atoms with E-state index in [1.54, 1.807) is 43.5 Å². The molecule has 1 aromatic carbocycles. The molecule has 5 nitrogen and oxygen atoms in total. The molecule has 3 atom stereocenters. The highest BCUT2D eigenvalue weighted by molar-refractivity contribution is 5.47. The van der Waals surface area contributed by atoms with Crippen LogP contribution in [0.2, 0.25) is 0 Å². The smallest absolute Gasteiger partial charge is 0.130 e. The number of ether oxygens (including phenoxy) is 1. The van der Waals surface area contributed by atoms with Crippen LogP contribution in [0.5, 0.6) is 5.75 Å². The van der Waals surface area contributed by atoms with Crippen LogP contribution in [0.4, 0.5) is 0 Å². The quantitative estimate of drug-likeness (QED) is 0.452. The van der Waals surface area contributed by atoms with E-state index in [1.807, 2.05) is 12.1 Å². The first-order chi connectivity index (χ1) is 14.0. The summed E-state index contributed by atoms with van der Waals surface area (Å²) in [6, 6.07) is 10.8. The monoisotopic (exact) mass is 400 g/mol. The summed E-state index contributed by atoms with van der Waals surface area (Å²) in [5, 5.41) is 30.6. The van der Waals surface area contributed by atoms with Crippen LogP contribution >= 0.6 is 0 Å². The van der Waals surface area contributed by atoms with E-state index in [2.05, 4.69) is 13.5 Å². The largest absolute Gasteiger partial charge is 0.497 e. The molecule has 0 aliphatic carbocycles. The van der Waals surface area contributed by atoms with Crippen LogP contribution in [0.25, 0.3) is 6.08 Å². The van der Waals surface area contributed by atoms with Crippen LogP contribution in [0.3, 0.4) is 0 Å². The maximum absolute atomic E-state index is 10.7. The van der Waals surface area contributed by atoms with Gasteiger partial charge in [-0.25, -0.2) is 0 Å².